The minimum absolute atomic E-state index is 0.0144. The molecule has 0 amide bonds. The fourth-order valence-corrected chi connectivity index (χ4v) is 1.17. The molecule has 5 nitrogen and oxygen atoms in total. The van der Waals surface area contributed by atoms with Crippen molar-refractivity contribution < 1.29 is 14.7 Å². The van der Waals surface area contributed by atoms with Crippen LogP contribution in [0.4, 0.5) is 5.69 Å². The Morgan fingerprint density at radius 2 is 2.20 bits per heavy atom. The predicted molar refractivity (Wildman–Crippen MR) is 55.5 cm³/mol. The first-order valence-corrected chi connectivity index (χ1v) is 4.37. The topological polar surface area (TPSA) is 106 Å². The number of aromatic hydroxyl groups is 1. The van der Waals surface area contributed by atoms with E-state index in [0.717, 1.165) is 0 Å². The summed E-state index contributed by atoms with van der Waals surface area (Å²) in [6.07, 6.45) is 0.383. The lowest BCUT2D eigenvalue weighted by Crippen LogP contribution is -2.25. The van der Waals surface area contributed by atoms with Crippen molar-refractivity contribution in [3.8, 4) is 5.75 Å². The fourth-order valence-electron chi connectivity index (χ4n) is 1.17. The average Bonchev–Trinajstić information content (AvgIpc) is 2.21. The van der Waals surface area contributed by atoms with Gasteiger partial charge < -0.3 is 21.4 Å². The number of hydrogen-bond acceptors (Lipinski definition) is 5. The zero-order chi connectivity index (χ0) is 11.4. The lowest BCUT2D eigenvalue weighted by atomic mass is 10.0. The maximum absolute atomic E-state index is 11.6. The number of benzene rings is 1. The molecule has 1 atom stereocenters. The number of nitrogens with two attached hydrogens (primary N) is 2. The summed E-state index contributed by atoms with van der Waals surface area (Å²) in [7, 11) is 0. The molecule has 0 spiro atoms. The van der Waals surface area contributed by atoms with Crippen LogP contribution in [0.15, 0.2) is 18.2 Å². The SMILES string of the molecule is Nc1c(O)cccc1C(=O)CC(N)C=O. The second-order valence-corrected chi connectivity index (χ2v) is 3.17. The molecule has 5 heteroatoms. The summed E-state index contributed by atoms with van der Waals surface area (Å²) in [6, 6.07) is 3.53. The van der Waals surface area contributed by atoms with Crippen molar-refractivity contribution in [3.05, 3.63) is 23.8 Å². The number of phenolic OH excluding ortho intramolecular Hbond substituents is 1. The quantitative estimate of drug-likeness (QED) is 0.281. The summed E-state index contributed by atoms with van der Waals surface area (Å²) < 4.78 is 0. The van der Waals surface area contributed by atoms with Crippen molar-refractivity contribution in [1.29, 1.82) is 0 Å². The minimum Gasteiger partial charge on any atom is -0.506 e. The van der Waals surface area contributed by atoms with Crippen molar-refractivity contribution >= 4 is 17.8 Å². The van der Waals surface area contributed by atoms with E-state index in [1.807, 2.05) is 0 Å². The Morgan fingerprint density at radius 3 is 2.80 bits per heavy atom. The van der Waals surface area contributed by atoms with Gasteiger partial charge in [0, 0.05) is 12.0 Å². The van der Waals surface area contributed by atoms with Gasteiger partial charge in [0.05, 0.1) is 11.7 Å². The summed E-state index contributed by atoms with van der Waals surface area (Å²) >= 11 is 0. The van der Waals surface area contributed by atoms with Crippen LogP contribution >= 0.6 is 0 Å². The van der Waals surface area contributed by atoms with E-state index in [-0.39, 0.29) is 29.2 Å². The van der Waals surface area contributed by atoms with Gasteiger partial charge in [0.2, 0.25) is 0 Å². The van der Waals surface area contributed by atoms with E-state index in [1.54, 1.807) is 0 Å². The van der Waals surface area contributed by atoms with Crippen LogP contribution in [-0.2, 0) is 4.79 Å². The van der Waals surface area contributed by atoms with E-state index >= 15 is 0 Å². The van der Waals surface area contributed by atoms with E-state index in [9.17, 15) is 14.7 Å². The molecule has 15 heavy (non-hydrogen) atoms. The van der Waals surface area contributed by atoms with Crippen molar-refractivity contribution in [1.82, 2.24) is 0 Å². The Balaban J connectivity index is 2.91. The molecule has 0 fully saturated rings. The van der Waals surface area contributed by atoms with Gasteiger partial charge in [-0.05, 0) is 12.1 Å². The van der Waals surface area contributed by atoms with E-state index < -0.39 is 6.04 Å². The highest BCUT2D eigenvalue weighted by molar-refractivity contribution is 6.03. The number of phenols is 1. The number of anilines is 1. The maximum atomic E-state index is 11.6. The molecule has 1 unspecified atom stereocenters. The number of rotatable bonds is 4. The predicted octanol–water partition coefficient (Wildman–Crippen LogP) is 0.0734. The largest absolute Gasteiger partial charge is 0.506 e. The lowest BCUT2D eigenvalue weighted by Gasteiger charge is -2.07. The van der Waals surface area contributed by atoms with Gasteiger partial charge in [-0.1, -0.05) is 6.07 Å². The molecule has 0 heterocycles. The van der Waals surface area contributed by atoms with Crippen LogP contribution < -0.4 is 11.5 Å². The molecule has 0 aliphatic heterocycles. The second kappa shape index (κ2) is 4.56. The Hall–Kier alpha value is -1.88. The molecule has 0 saturated heterocycles. The van der Waals surface area contributed by atoms with Crippen molar-refractivity contribution in [2.75, 3.05) is 5.73 Å². The Morgan fingerprint density at radius 1 is 1.53 bits per heavy atom. The van der Waals surface area contributed by atoms with Crippen LogP contribution in [-0.4, -0.2) is 23.2 Å². The molecule has 0 aliphatic carbocycles. The molecular weight excluding hydrogens is 196 g/mol. The van der Waals surface area contributed by atoms with Crippen LogP contribution in [0.5, 0.6) is 5.75 Å². The Labute approximate surface area is 86.7 Å². The number of ketones is 1. The van der Waals surface area contributed by atoms with Gasteiger partial charge in [-0.25, -0.2) is 0 Å². The standard InChI is InChI=1S/C10H12N2O3/c11-6(5-13)4-9(15)7-2-1-3-8(14)10(7)12/h1-3,5-6,14H,4,11-12H2. The zero-order valence-electron chi connectivity index (χ0n) is 8.01. The van der Waals surface area contributed by atoms with Crippen molar-refractivity contribution in [2.24, 2.45) is 5.73 Å². The summed E-state index contributed by atoms with van der Waals surface area (Å²) in [5, 5.41) is 9.26. The fraction of sp³-hybridized carbons (Fsp3) is 0.200. The number of para-hydroxylation sites is 1. The molecule has 1 aromatic carbocycles. The highest BCUT2D eigenvalue weighted by atomic mass is 16.3. The van der Waals surface area contributed by atoms with Crippen LogP contribution in [0.3, 0.4) is 0 Å². The number of Topliss-reactive ketones (excluding diaryl/α,β-unsaturated/α-hetero) is 1. The molecule has 0 radical (unpaired) electrons. The van der Waals surface area contributed by atoms with Crippen LogP contribution in [0.1, 0.15) is 16.8 Å². The van der Waals surface area contributed by atoms with Gasteiger partial charge in [-0.15, -0.1) is 0 Å². The highest BCUT2D eigenvalue weighted by Gasteiger charge is 2.15. The maximum Gasteiger partial charge on any atom is 0.167 e. The Kier molecular flexibility index (Phi) is 3.41. The molecule has 0 aliphatic rings. The number of nitrogen functional groups attached to an aromatic ring is 1. The molecule has 80 valence electrons. The van der Waals surface area contributed by atoms with E-state index in [1.165, 1.54) is 18.2 Å². The second-order valence-electron chi connectivity index (χ2n) is 3.17. The smallest absolute Gasteiger partial charge is 0.167 e. The first-order valence-electron chi connectivity index (χ1n) is 4.37. The zero-order valence-corrected chi connectivity index (χ0v) is 8.01. The van der Waals surface area contributed by atoms with E-state index in [4.69, 9.17) is 11.5 Å². The molecule has 0 saturated carbocycles. The van der Waals surface area contributed by atoms with Gasteiger partial charge in [0.15, 0.2) is 5.78 Å². The molecule has 1 aromatic rings. The summed E-state index contributed by atoms with van der Waals surface area (Å²) in [5.74, 6) is -0.511. The third-order valence-electron chi connectivity index (χ3n) is 1.98. The van der Waals surface area contributed by atoms with Crippen LogP contribution in [0.25, 0.3) is 0 Å². The van der Waals surface area contributed by atoms with Crippen LogP contribution in [0.2, 0.25) is 0 Å². The molecule has 0 bridgehead atoms. The first kappa shape index (κ1) is 11.2. The van der Waals surface area contributed by atoms with Crippen LogP contribution in [0, 0.1) is 0 Å². The van der Waals surface area contributed by atoms with Gasteiger partial charge >= 0.3 is 0 Å². The number of carbonyl (C=O) groups excluding carboxylic acids is 2. The normalized spacial score (nSPS) is 12.1. The van der Waals surface area contributed by atoms with Gasteiger partial charge in [-0.2, -0.15) is 0 Å². The molecular formula is C10H12N2O3. The average molecular weight is 208 g/mol. The Bertz CT molecular complexity index is 390. The third kappa shape index (κ3) is 2.54. The summed E-state index contributed by atoms with van der Waals surface area (Å²) in [6.45, 7) is 0. The first-order chi connectivity index (χ1) is 7.06. The number of carbonyl (C=O) groups is 2. The summed E-state index contributed by atoms with van der Waals surface area (Å²) in [5.41, 5.74) is 11.0. The van der Waals surface area contributed by atoms with Gasteiger partial charge in [0.25, 0.3) is 0 Å². The molecule has 5 N–H and O–H groups in total. The van der Waals surface area contributed by atoms with Crippen molar-refractivity contribution in [2.45, 2.75) is 12.5 Å². The van der Waals surface area contributed by atoms with E-state index in [2.05, 4.69) is 0 Å². The highest BCUT2D eigenvalue weighted by Crippen LogP contribution is 2.24. The third-order valence-corrected chi connectivity index (χ3v) is 1.98. The number of hydrogen-bond donors (Lipinski definition) is 3. The minimum atomic E-state index is -0.834. The van der Waals surface area contributed by atoms with Gasteiger partial charge in [-0.3, -0.25) is 4.79 Å². The van der Waals surface area contributed by atoms with E-state index in [0.29, 0.717) is 6.29 Å². The number of aldehydes is 1. The molecule has 1 rings (SSSR count). The van der Waals surface area contributed by atoms with Gasteiger partial charge in [0.1, 0.15) is 12.0 Å². The lowest BCUT2D eigenvalue weighted by molar-refractivity contribution is -0.108. The summed E-state index contributed by atoms with van der Waals surface area (Å²) in [4.78, 5) is 21.8. The monoisotopic (exact) mass is 208 g/mol. The van der Waals surface area contributed by atoms with Crippen molar-refractivity contribution in [3.63, 3.8) is 0 Å². The molecule has 0 aromatic heterocycles.